The first kappa shape index (κ1) is 23.2. The number of halogens is 1. The Labute approximate surface area is 197 Å². The summed E-state index contributed by atoms with van der Waals surface area (Å²) in [4.78, 5) is 12.6. The van der Waals surface area contributed by atoms with Crippen LogP contribution in [0.1, 0.15) is 17.0 Å². The van der Waals surface area contributed by atoms with Gasteiger partial charge in [-0.1, -0.05) is 30.3 Å². The normalized spacial score (nSPS) is 11.3. The van der Waals surface area contributed by atoms with Crippen molar-refractivity contribution < 1.29 is 17.6 Å². The van der Waals surface area contributed by atoms with Crippen LogP contribution >= 0.6 is 0 Å². The number of amides is 1. The lowest BCUT2D eigenvalue weighted by Gasteiger charge is -2.10. The maximum absolute atomic E-state index is 13.1. The summed E-state index contributed by atoms with van der Waals surface area (Å²) < 4.78 is 42.2. The molecule has 0 bridgehead atoms. The number of aryl methyl sites for hydroxylation is 1. The quantitative estimate of drug-likeness (QED) is 0.406. The number of rotatable bonds is 7. The average Bonchev–Trinajstić information content (AvgIpc) is 3.09. The molecule has 4 aromatic rings. The van der Waals surface area contributed by atoms with E-state index in [2.05, 4.69) is 15.1 Å². The van der Waals surface area contributed by atoms with Crippen molar-refractivity contribution in [3.05, 3.63) is 102 Å². The highest BCUT2D eigenvalue weighted by Crippen LogP contribution is 2.23. The molecule has 2 N–H and O–H groups in total. The number of benzene rings is 3. The minimum Gasteiger partial charge on any atom is -0.323 e. The van der Waals surface area contributed by atoms with Gasteiger partial charge in [-0.25, -0.2) is 17.5 Å². The van der Waals surface area contributed by atoms with Crippen LogP contribution < -0.4 is 10.0 Å². The first-order chi connectivity index (χ1) is 16.2. The third kappa shape index (κ3) is 5.15. The highest BCUT2D eigenvalue weighted by Gasteiger charge is 2.16. The van der Waals surface area contributed by atoms with Gasteiger partial charge < -0.3 is 5.32 Å². The number of anilines is 2. The molecule has 3 aromatic carbocycles. The summed E-state index contributed by atoms with van der Waals surface area (Å²) in [5.74, 6) is -0.724. The van der Waals surface area contributed by atoms with Crippen LogP contribution in [0.15, 0.2) is 83.8 Å². The van der Waals surface area contributed by atoms with E-state index in [-0.39, 0.29) is 17.2 Å². The molecule has 0 aliphatic heterocycles. The summed E-state index contributed by atoms with van der Waals surface area (Å²) in [6.07, 6.45) is 0.111. The molecule has 1 heterocycles. The van der Waals surface area contributed by atoms with E-state index >= 15 is 0 Å². The van der Waals surface area contributed by atoms with Crippen molar-refractivity contribution in [3.63, 3.8) is 0 Å². The van der Waals surface area contributed by atoms with Crippen molar-refractivity contribution in [1.29, 1.82) is 0 Å². The topological polar surface area (TPSA) is 93.1 Å². The molecule has 174 valence electrons. The second-order valence-electron chi connectivity index (χ2n) is 7.77. The first-order valence-corrected chi connectivity index (χ1v) is 12.0. The Kier molecular flexibility index (Phi) is 6.47. The average molecular weight is 479 g/mol. The number of carbonyl (C=O) groups is 1. The molecule has 0 atom stereocenters. The van der Waals surface area contributed by atoms with Gasteiger partial charge in [-0.3, -0.25) is 9.52 Å². The third-order valence-electron chi connectivity index (χ3n) is 5.25. The number of para-hydroxylation sites is 1. The zero-order valence-corrected chi connectivity index (χ0v) is 19.4. The van der Waals surface area contributed by atoms with Gasteiger partial charge in [-0.2, -0.15) is 5.10 Å². The van der Waals surface area contributed by atoms with Crippen LogP contribution in [-0.4, -0.2) is 24.1 Å². The Hall–Kier alpha value is -3.98. The smallest absolute Gasteiger partial charge is 0.261 e. The van der Waals surface area contributed by atoms with E-state index in [4.69, 9.17) is 0 Å². The van der Waals surface area contributed by atoms with E-state index in [9.17, 15) is 17.6 Å². The third-order valence-corrected chi connectivity index (χ3v) is 6.65. The second kappa shape index (κ2) is 9.48. The van der Waals surface area contributed by atoms with Crippen LogP contribution in [-0.2, 0) is 21.2 Å². The SMILES string of the molecule is Cc1nn(-c2ccccc2)c(C)c1NC(=O)Cc1ccc(NS(=O)(=O)c2ccc(F)cc2)cc1. The number of nitrogens with zero attached hydrogens (tertiary/aromatic N) is 2. The fraction of sp³-hybridized carbons (Fsp3) is 0.120. The summed E-state index contributed by atoms with van der Waals surface area (Å²) in [7, 11) is -3.84. The number of carbonyl (C=O) groups excluding carboxylic acids is 1. The molecular formula is C25H23FN4O3S. The largest absolute Gasteiger partial charge is 0.323 e. The van der Waals surface area contributed by atoms with Crippen LogP contribution in [0.25, 0.3) is 5.69 Å². The van der Waals surface area contributed by atoms with Gasteiger partial charge in [0, 0.05) is 5.69 Å². The maximum Gasteiger partial charge on any atom is 0.261 e. The molecular weight excluding hydrogens is 455 g/mol. The Balaban J connectivity index is 1.42. The Bertz CT molecular complexity index is 1420. The number of hydrogen-bond donors (Lipinski definition) is 2. The molecule has 0 saturated carbocycles. The van der Waals surface area contributed by atoms with Crippen LogP contribution in [0.3, 0.4) is 0 Å². The number of hydrogen-bond acceptors (Lipinski definition) is 4. The van der Waals surface area contributed by atoms with Crippen LogP contribution in [0, 0.1) is 19.7 Å². The molecule has 0 radical (unpaired) electrons. The standard InChI is InChI=1S/C25H23FN4O3S/c1-17-25(18(2)30(28-17)22-6-4-3-5-7-22)27-24(31)16-19-8-12-21(13-9-19)29-34(32,33)23-14-10-20(26)11-15-23/h3-15,29H,16H2,1-2H3,(H,27,31). The Morgan fingerprint density at radius 1 is 0.941 bits per heavy atom. The fourth-order valence-electron chi connectivity index (χ4n) is 3.53. The monoisotopic (exact) mass is 478 g/mol. The molecule has 0 aliphatic carbocycles. The van der Waals surface area contributed by atoms with Crippen molar-refractivity contribution in [2.24, 2.45) is 0 Å². The van der Waals surface area contributed by atoms with Crippen molar-refractivity contribution in [3.8, 4) is 5.69 Å². The van der Waals surface area contributed by atoms with E-state index in [0.29, 0.717) is 22.6 Å². The van der Waals surface area contributed by atoms with E-state index in [1.807, 2.05) is 44.2 Å². The molecule has 4 rings (SSSR count). The molecule has 0 spiro atoms. The lowest BCUT2D eigenvalue weighted by molar-refractivity contribution is -0.115. The number of aromatic nitrogens is 2. The van der Waals surface area contributed by atoms with Gasteiger partial charge >= 0.3 is 0 Å². The summed E-state index contributed by atoms with van der Waals surface area (Å²) >= 11 is 0. The summed E-state index contributed by atoms with van der Waals surface area (Å²) in [5, 5.41) is 7.46. The van der Waals surface area contributed by atoms with Crippen LogP contribution in [0.4, 0.5) is 15.8 Å². The lowest BCUT2D eigenvalue weighted by atomic mass is 10.1. The molecule has 0 fully saturated rings. The molecule has 7 nitrogen and oxygen atoms in total. The van der Waals surface area contributed by atoms with Crippen LogP contribution in [0.5, 0.6) is 0 Å². The minimum absolute atomic E-state index is 0.0425. The summed E-state index contributed by atoms with van der Waals surface area (Å²) in [6, 6.07) is 20.7. The van der Waals surface area contributed by atoms with Crippen molar-refractivity contribution in [1.82, 2.24) is 9.78 Å². The van der Waals surface area contributed by atoms with Gasteiger partial charge in [0.25, 0.3) is 10.0 Å². The zero-order chi connectivity index (χ0) is 24.3. The van der Waals surface area contributed by atoms with Gasteiger partial charge in [0.05, 0.1) is 34.1 Å². The fourth-order valence-corrected chi connectivity index (χ4v) is 4.59. The van der Waals surface area contributed by atoms with Crippen LogP contribution in [0.2, 0.25) is 0 Å². The van der Waals surface area contributed by atoms with E-state index in [1.54, 1.807) is 28.9 Å². The summed E-state index contributed by atoms with van der Waals surface area (Å²) in [5.41, 5.74) is 4.15. The van der Waals surface area contributed by atoms with Gasteiger partial charge in [0.2, 0.25) is 5.91 Å². The predicted molar refractivity (Wildman–Crippen MR) is 129 cm³/mol. The molecule has 1 aromatic heterocycles. The summed E-state index contributed by atoms with van der Waals surface area (Å²) in [6.45, 7) is 3.73. The Morgan fingerprint density at radius 3 is 2.24 bits per heavy atom. The Morgan fingerprint density at radius 2 is 1.59 bits per heavy atom. The number of sulfonamides is 1. The predicted octanol–water partition coefficient (Wildman–Crippen LogP) is 4.61. The molecule has 0 saturated heterocycles. The second-order valence-corrected chi connectivity index (χ2v) is 9.46. The zero-order valence-electron chi connectivity index (χ0n) is 18.6. The number of nitrogens with one attached hydrogen (secondary N) is 2. The van der Waals surface area contributed by atoms with E-state index in [0.717, 1.165) is 23.5 Å². The van der Waals surface area contributed by atoms with E-state index in [1.165, 1.54) is 12.1 Å². The first-order valence-electron chi connectivity index (χ1n) is 10.5. The molecule has 0 unspecified atom stereocenters. The molecule has 0 aliphatic rings. The molecule has 9 heteroatoms. The van der Waals surface area contributed by atoms with Crippen molar-refractivity contribution >= 4 is 27.3 Å². The van der Waals surface area contributed by atoms with Gasteiger partial charge in [0.1, 0.15) is 5.82 Å². The van der Waals surface area contributed by atoms with Gasteiger partial charge in [-0.15, -0.1) is 0 Å². The minimum atomic E-state index is -3.84. The van der Waals surface area contributed by atoms with E-state index < -0.39 is 15.8 Å². The van der Waals surface area contributed by atoms with Gasteiger partial charge in [-0.05, 0) is 67.9 Å². The maximum atomic E-state index is 13.1. The highest BCUT2D eigenvalue weighted by molar-refractivity contribution is 7.92. The van der Waals surface area contributed by atoms with Gasteiger partial charge in [0.15, 0.2) is 0 Å². The molecule has 34 heavy (non-hydrogen) atoms. The van der Waals surface area contributed by atoms with Crippen molar-refractivity contribution in [2.75, 3.05) is 10.0 Å². The highest BCUT2D eigenvalue weighted by atomic mass is 32.2. The van der Waals surface area contributed by atoms with Crippen molar-refractivity contribution in [2.45, 2.75) is 25.2 Å². The lowest BCUT2D eigenvalue weighted by Crippen LogP contribution is -2.16. The molecule has 1 amide bonds.